The average Bonchev–Trinajstić information content (AvgIpc) is 2.03. The molecule has 0 radical (unpaired) electrons. The Kier molecular flexibility index (Phi) is 2.23. The maximum absolute atomic E-state index is 10.5. The predicted octanol–water partition coefficient (Wildman–Crippen LogP) is 0.492. The monoisotopic (exact) mass is 168 g/mol. The molecule has 1 heterocycles. The molecule has 1 rings (SSSR count). The second kappa shape index (κ2) is 3.17. The van der Waals surface area contributed by atoms with Crippen LogP contribution in [-0.2, 0) is 0 Å². The molecular weight excluding hydrogens is 160 g/mol. The number of methoxy groups -OCH3 is 1. The number of aryl methyl sites for hydroxylation is 1. The van der Waals surface area contributed by atoms with Crippen molar-refractivity contribution in [1.29, 1.82) is 0 Å². The van der Waals surface area contributed by atoms with Crippen LogP contribution >= 0.6 is 0 Å². The van der Waals surface area contributed by atoms with Crippen molar-refractivity contribution >= 4 is 5.97 Å². The van der Waals surface area contributed by atoms with Gasteiger partial charge in [0.05, 0.1) is 18.4 Å². The molecule has 0 saturated carbocycles. The van der Waals surface area contributed by atoms with E-state index in [-0.39, 0.29) is 11.6 Å². The Labute approximate surface area is 69.0 Å². The number of ether oxygens (including phenoxy) is 1. The maximum atomic E-state index is 10.5. The lowest BCUT2D eigenvalue weighted by Crippen LogP contribution is -2.04. The number of hydrogen-bond acceptors (Lipinski definition) is 4. The Balaban J connectivity index is 3.12. The number of aromatic carboxylic acids is 1. The second-order valence-corrected chi connectivity index (χ2v) is 2.16. The molecule has 0 spiro atoms. The van der Waals surface area contributed by atoms with Crippen molar-refractivity contribution < 1.29 is 14.6 Å². The molecule has 64 valence electrons. The van der Waals surface area contributed by atoms with Crippen LogP contribution in [0.3, 0.4) is 0 Å². The van der Waals surface area contributed by atoms with Crippen molar-refractivity contribution in [3.8, 4) is 6.01 Å². The maximum Gasteiger partial charge on any atom is 0.339 e. The van der Waals surface area contributed by atoms with Crippen molar-refractivity contribution in [2.45, 2.75) is 6.92 Å². The smallest absolute Gasteiger partial charge is 0.339 e. The van der Waals surface area contributed by atoms with E-state index in [4.69, 9.17) is 9.84 Å². The minimum Gasteiger partial charge on any atom is -0.478 e. The SMILES string of the molecule is COc1ncc(C(=O)O)c(C)n1. The fraction of sp³-hybridized carbons (Fsp3) is 0.286. The van der Waals surface area contributed by atoms with E-state index in [0.29, 0.717) is 5.69 Å². The van der Waals surface area contributed by atoms with Crippen molar-refractivity contribution in [3.05, 3.63) is 17.5 Å². The predicted molar refractivity (Wildman–Crippen MR) is 40.3 cm³/mol. The summed E-state index contributed by atoms with van der Waals surface area (Å²) >= 11 is 0. The zero-order valence-electron chi connectivity index (χ0n) is 6.74. The summed E-state index contributed by atoms with van der Waals surface area (Å²) in [7, 11) is 1.43. The van der Waals surface area contributed by atoms with Gasteiger partial charge in [0, 0.05) is 6.20 Å². The number of rotatable bonds is 2. The molecule has 0 aliphatic heterocycles. The molecule has 0 bridgehead atoms. The Morgan fingerprint density at radius 2 is 2.33 bits per heavy atom. The van der Waals surface area contributed by atoms with Gasteiger partial charge in [-0.05, 0) is 6.92 Å². The van der Waals surface area contributed by atoms with Gasteiger partial charge in [-0.25, -0.2) is 9.78 Å². The number of carboxylic acid groups (broad SMARTS) is 1. The Bertz CT molecular complexity index is 312. The van der Waals surface area contributed by atoms with Crippen LogP contribution in [0.5, 0.6) is 6.01 Å². The van der Waals surface area contributed by atoms with E-state index in [0.717, 1.165) is 0 Å². The van der Waals surface area contributed by atoms with Gasteiger partial charge in [-0.15, -0.1) is 0 Å². The van der Waals surface area contributed by atoms with E-state index in [1.54, 1.807) is 6.92 Å². The summed E-state index contributed by atoms with van der Waals surface area (Å²) in [5.74, 6) is -1.03. The molecule has 0 aromatic carbocycles. The van der Waals surface area contributed by atoms with Crippen molar-refractivity contribution in [1.82, 2.24) is 9.97 Å². The first-order chi connectivity index (χ1) is 5.65. The van der Waals surface area contributed by atoms with Crippen LogP contribution in [0.25, 0.3) is 0 Å². The minimum atomic E-state index is -1.03. The van der Waals surface area contributed by atoms with Crippen LogP contribution < -0.4 is 4.74 Å². The molecule has 0 atom stereocenters. The number of hydrogen-bond donors (Lipinski definition) is 1. The van der Waals surface area contributed by atoms with Crippen LogP contribution in [0.2, 0.25) is 0 Å². The summed E-state index contributed by atoms with van der Waals surface area (Å²) in [6.45, 7) is 1.59. The third-order valence-corrected chi connectivity index (χ3v) is 1.37. The highest BCUT2D eigenvalue weighted by Crippen LogP contribution is 2.07. The highest BCUT2D eigenvalue weighted by atomic mass is 16.5. The molecule has 1 aromatic rings. The Hall–Kier alpha value is -1.65. The standard InChI is InChI=1S/C7H8N2O3/c1-4-5(6(10)11)3-8-7(9-4)12-2/h3H,1-2H3,(H,10,11). The molecule has 0 amide bonds. The molecular formula is C7H8N2O3. The lowest BCUT2D eigenvalue weighted by Gasteiger charge is -2.00. The molecule has 0 saturated heterocycles. The molecule has 0 fully saturated rings. The van der Waals surface area contributed by atoms with Crippen LogP contribution in [0, 0.1) is 6.92 Å². The fourth-order valence-electron chi connectivity index (χ4n) is 0.754. The molecule has 0 unspecified atom stereocenters. The molecule has 1 N–H and O–H groups in total. The molecule has 0 aliphatic rings. The lowest BCUT2D eigenvalue weighted by molar-refractivity contribution is 0.0695. The topological polar surface area (TPSA) is 72.3 Å². The normalized spacial score (nSPS) is 9.50. The summed E-state index contributed by atoms with van der Waals surface area (Å²) in [5.41, 5.74) is 0.491. The largest absolute Gasteiger partial charge is 0.478 e. The van der Waals surface area contributed by atoms with Gasteiger partial charge in [-0.2, -0.15) is 4.98 Å². The first-order valence-electron chi connectivity index (χ1n) is 3.26. The van der Waals surface area contributed by atoms with Gasteiger partial charge in [-0.1, -0.05) is 0 Å². The summed E-state index contributed by atoms with van der Waals surface area (Å²) < 4.78 is 4.71. The number of carbonyl (C=O) groups is 1. The summed E-state index contributed by atoms with van der Waals surface area (Å²) in [5, 5.41) is 8.61. The highest BCUT2D eigenvalue weighted by Gasteiger charge is 2.09. The first-order valence-corrected chi connectivity index (χ1v) is 3.26. The summed E-state index contributed by atoms with van der Waals surface area (Å²) in [6.07, 6.45) is 1.23. The van der Waals surface area contributed by atoms with E-state index < -0.39 is 5.97 Å². The van der Waals surface area contributed by atoms with E-state index in [1.165, 1.54) is 13.3 Å². The zero-order chi connectivity index (χ0) is 9.14. The third-order valence-electron chi connectivity index (χ3n) is 1.37. The first kappa shape index (κ1) is 8.45. The number of nitrogens with zero attached hydrogens (tertiary/aromatic N) is 2. The van der Waals surface area contributed by atoms with Gasteiger partial charge < -0.3 is 9.84 Å². The molecule has 1 aromatic heterocycles. The van der Waals surface area contributed by atoms with Crippen molar-refractivity contribution in [2.24, 2.45) is 0 Å². The van der Waals surface area contributed by atoms with Crippen LogP contribution in [-0.4, -0.2) is 28.2 Å². The lowest BCUT2D eigenvalue weighted by atomic mass is 10.2. The van der Waals surface area contributed by atoms with Gasteiger partial charge in [0.2, 0.25) is 0 Å². The van der Waals surface area contributed by atoms with Crippen LogP contribution in [0.4, 0.5) is 0 Å². The highest BCUT2D eigenvalue weighted by molar-refractivity contribution is 5.88. The fourth-order valence-corrected chi connectivity index (χ4v) is 0.754. The van der Waals surface area contributed by atoms with Gasteiger partial charge in [0.15, 0.2) is 0 Å². The minimum absolute atomic E-state index is 0.0933. The van der Waals surface area contributed by atoms with E-state index in [1.807, 2.05) is 0 Å². The summed E-state index contributed by atoms with van der Waals surface area (Å²) in [4.78, 5) is 18.0. The van der Waals surface area contributed by atoms with Gasteiger partial charge >= 0.3 is 12.0 Å². The Morgan fingerprint density at radius 3 is 2.75 bits per heavy atom. The van der Waals surface area contributed by atoms with Gasteiger partial charge in [0.1, 0.15) is 0 Å². The van der Waals surface area contributed by atoms with Gasteiger partial charge in [-0.3, -0.25) is 0 Å². The van der Waals surface area contributed by atoms with E-state index >= 15 is 0 Å². The van der Waals surface area contributed by atoms with Crippen molar-refractivity contribution in [2.75, 3.05) is 7.11 Å². The van der Waals surface area contributed by atoms with Gasteiger partial charge in [0.25, 0.3) is 0 Å². The summed E-state index contributed by atoms with van der Waals surface area (Å²) in [6, 6.07) is 0.178. The van der Waals surface area contributed by atoms with Crippen molar-refractivity contribution in [3.63, 3.8) is 0 Å². The number of carboxylic acids is 1. The van der Waals surface area contributed by atoms with Crippen LogP contribution in [0.1, 0.15) is 16.1 Å². The second-order valence-electron chi connectivity index (χ2n) is 2.16. The van der Waals surface area contributed by atoms with E-state index in [2.05, 4.69) is 9.97 Å². The zero-order valence-corrected chi connectivity index (χ0v) is 6.74. The molecule has 12 heavy (non-hydrogen) atoms. The van der Waals surface area contributed by atoms with E-state index in [9.17, 15) is 4.79 Å². The quantitative estimate of drug-likeness (QED) is 0.695. The van der Waals surface area contributed by atoms with Crippen LogP contribution in [0.15, 0.2) is 6.20 Å². The third kappa shape index (κ3) is 1.50. The molecule has 5 nitrogen and oxygen atoms in total. The molecule has 0 aliphatic carbocycles. The molecule has 5 heteroatoms. The number of aromatic nitrogens is 2. The Morgan fingerprint density at radius 1 is 1.67 bits per heavy atom. The average molecular weight is 168 g/mol.